The van der Waals surface area contributed by atoms with Crippen LogP contribution in [-0.2, 0) is 0 Å². The summed E-state index contributed by atoms with van der Waals surface area (Å²) in [6, 6.07) is 0. The van der Waals surface area contributed by atoms with Crippen molar-refractivity contribution < 1.29 is 10.2 Å². The molecule has 0 heterocycles. The monoisotopic (exact) mass is 215 g/mol. The van der Waals surface area contributed by atoms with E-state index in [-0.39, 0.29) is 12.1 Å². The van der Waals surface area contributed by atoms with Crippen molar-refractivity contribution >= 4 is 0 Å². The summed E-state index contributed by atoms with van der Waals surface area (Å²) in [5.41, 5.74) is -0.529. The van der Waals surface area contributed by atoms with Gasteiger partial charge in [-0.1, -0.05) is 19.8 Å². The molecule has 0 spiro atoms. The Morgan fingerprint density at radius 1 is 1.33 bits per heavy atom. The van der Waals surface area contributed by atoms with Gasteiger partial charge in [0, 0.05) is 18.7 Å². The first-order valence-corrected chi connectivity index (χ1v) is 6.12. The first-order chi connectivity index (χ1) is 7.04. The smallest absolute Gasteiger partial charge is 0.0771 e. The van der Waals surface area contributed by atoms with Crippen LogP contribution in [0.1, 0.15) is 52.4 Å². The number of aliphatic hydroxyl groups excluding tert-OH is 1. The van der Waals surface area contributed by atoms with Crippen LogP contribution in [0, 0.1) is 0 Å². The van der Waals surface area contributed by atoms with Gasteiger partial charge >= 0.3 is 0 Å². The van der Waals surface area contributed by atoms with Crippen molar-refractivity contribution in [2.75, 3.05) is 13.2 Å². The Bertz CT molecular complexity index is 190. The highest BCUT2D eigenvalue weighted by Gasteiger charge is 2.33. The van der Waals surface area contributed by atoms with Crippen LogP contribution in [-0.4, -0.2) is 34.5 Å². The van der Waals surface area contributed by atoms with E-state index in [0.29, 0.717) is 6.54 Å². The van der Waals surface area contributed by atoms with Crippen LogP contribution in [0.5, 0.6) is 0 Å². The molecule has 1 aliphatic carbocycles. The van der Waals surface area contributed by atoms with Crippen molar-refractivity contribution in [1.29, 1.82) is 0 Å². The molecule has 1 saturated carbocycles. The molecule has 90 valence electrons. The van der Waals surface area contributed by atoms with Gasteiger partial charge in [-0.25, -0.2) is 0 Å². The van der Waals surface area contributed by atoms with Crippen LogP contribution >= 0.6 is 0 Å². The summed E-state index contributed by atoms with van der Waals surface area (Å²) in [7, 11) is 0. The predicted octanol–water partition coefficient (Wildman–Crippen LogP) is 1.43. The fraction of sp³-hybridized carbons (Fsp3) is 1.00. The quantitative estimate of drug-likeness (QED) is 0.628. The minimum atomic E-state index is -0.494. The lowest BCUT2D eigenvalue weighted by molar-refractivity contribution is 0.0368. The van der Waals surface area contributed by atoms with Gasteiger partial charge in [-0.15, -0.1) is 0 Å². The highest BCUT2D eigenvalue weighted by molar-refractivity contribution is 4.90. The maximum absolute atomic E-state index is 10.2. The van der Waals surface area contributed by atoms with Crippen molar-refractivity contribution in [1.82, 2.24) is 5.32 Å². The van der Waals surface area contributed by atoms with E-state index >= 15 is 0 Å². The first-order valence-electron chi connectivity index (χ1n) is 6.12. The Hall–Kier alpha value is -0.120. The van der Waals surface area contributed by atoms with Gasteiger partial charge in [-0.05, 0) is 32.6 Å². The number of β-amino-alcohol motifs (C(OH)–C–C–N with tert-alkyl or cyclic N) is 1. The van der Waals surface area contributed by atoms with Crippen LogP contribution in [0.2, 0.25) is 0 Å². The molecule has 1 aliphatic rings. The third-order valence-electron chi connectivity index (χ3n) is 3.82. The highest BCUT2D eigenvalue weighted by Crippen LogP contribution is 2.29. The van der Waals surface area contributed by atoms with Crippen LogP contribution in [0.3, 0.4) is 0 Å². The lowest BCUT2D eigenvalue weighted by Crippen LogP contribution is -2.49. The molecule has 0 saturated heterocycles. The molecule has 0 aromatic heterocycles. The van der Waals surface area contributed by atoms with Gasteiger partial charge in [0.25, 0.3) is 0 Å². The Balaban J connectivity index is 2.39. The fourth-order valence-electron chi connectivity index (χ4n) is 2.22. The fourth-order valence-corrected chi connectivity index (χ4v) is 2.22. The normalized spacial score (nSPS) is 24.0. The number of nitrogens with one attached hydrogen (secondary N) is 1. The van der Waals surface area contributed by atoms with E-state index in [1.165, 1.54) is 0 Å². The van der Waals surface area contributed by atoms with Crippen molar-refractivity contribution in [3.63, 3.8) is 0 Å². The molecule has 3 N–H and O–H groups in total. The molecule has 0 bridgehead atoms. The number of aliphatic hydroxyl groups is 2. The van der Waals surface area contributed by atoms with Crippen LogP contribution < -0.4 is 5.32 Å². The van der Waals surface area contributed by atoms with E-state index in [9.17, 15) is 5.11 Å². The van der Waals surface area contributed by atoms with Gasteiger partial charge in [0.05, 0.1) is 5.60 Å². The van der Waals surface area contributed by atoms with Gasteiger partial charge in [-0.3, -0.25) is 0 Å². The van der Waals surface area contributed by atoms with Crippen LogP contribution in [0.15, 0.2) is 0 Å². The number of rotatable bonds is 6. The Morgan fingerprint density at radius 3 is 2.40 bits per heavy atom. The zero-order chi connectivity index (χ0) is 11.4. The van der Waals surface area contributed by atoms with E-state index in [1.807, 2.05) is 0 Å². The van der Waals surface area contributed by atoms with Crippen molar-refractivity contribution in [3.05, 3.63) is 0 Å². The molecule has 15 heavy (non-hydrogen) atoms. The third kappa shape index (κ3) is 3.74. The molecule has 0 aliphatic heterocycles. The Labute approximate surface area is 92.9 Å². The summed E-state index contributed by atoms with van der Waals surface area (Å²) in [5.74, 6) is 0. The summed E-state index contributed by atoms with van der Waals surface area (Å²) >= 11 is 0. The molecule has 0 aromatic rings. The molecule has 0 amide bonds. The summed E-state index contributed by atoms with van der Waals surface area (Å²) in [4.78, 5) is 0. The molecular formula is C12H25NO2. The second-order valence-electron chi connectivity index (χ2n) is 5.17. The van der Waals surface area contributed by atoms with Crippen LogP contribution in [0.25, 0.3) is 0 Å². The zero-order valence-corrected chi connectivity index (χ0v) is 10.1. The summed E-state index contributed by atoms with van der Waals surface area (Å²) in [5, 5.41) is 22.6. The van der Waals surface area contributed by atoms with Crippen LogP contribution in [0.4, 0.5) is 0 Å². The van der Waals surface area contributed by atoms with Gasteiger partial charge in [0.1, 0.15) is 0 Å². The van der Waals surface area contributed by atoms with E-state index in [4.69, 9.17) is 5.11 Å². The molecule has 1 rings (SSSR count). The maximum atomic E-state index is 10.2. The van der Waals surface area contributed by atoms with E-state index < -0.39 is 5.60 Å². The molecule has 3 heteroatoms. The topological polar surface area (TPSA) is 52.5 Å². The molecule has 1 fully saturated rings. The van der Waals surface area contributed by atoms with Gasteiger partial charge in [0.2, 0.25) is 0 Å². The molecule has 0 radical (unpaired) electrons. The number of hydrogen-bond donors (Lipinski definition) is 3. The first kappa shape index (κ1) is 12.9. The lowest BCUT2D eigenvalue weighted by atomic mass is 9.92. The standard InChI is InChI=1S/C12H25NO2/c1-3-11(2,8-9-14)13-10-12(15)6-4-5-7-12/h13-15H,3-10H2,1-2H3. The summed E-state index contributed by atoms with van der Waals surface area (Å²) < 4.78 is 0. The van der Waals surface area contributed by atoms with Gasteiger partial charge < -0.3 is 15.5 Å². The van der Waals surface area contributed by atoms with Gasteiger partial charge in [-0.2, -0.15) is 0 Å². The van der Waals surface area contributed by atoms with E-state index in [2.05, 4.69) is 19.2 Å². The summed E-state index contributed by atoms with van der Waals surface area (Å²) in [6.45, 7) is 5.09. The minimum Gasteiger partial charge on any atom is -0.396 e. The predicted molar refractivity (Wildman–Crippen MR) is 61.8 cm³/mol. The van der Waals surface area contributed by atoms with Crippen molar-refractivity contribution in [2.24, 2.45) is 0 Å². The van der Waals surface area contributed by atoms with E-state index in [1.54, 1.807) is 0 Å². The second kappa shape index (κ2) is 5.28. The average molecular weight is 215 g/mol. The second-order valence-corrected chi connectivity index (χ2v) is 5.17. The molecule has 3 nitrogen and oxygen atoms in total. The maximum Gasteiger partial charge on any atom is 0.0771 e. The molecule has 1 unspecified atom stereocenters. The SMILES string of the molecule is CCC(C)(CCO)NCC1(O)CCCC1. The van der Waals surface area contributed by atoms with Crippen molar-refractivity contribution in [2.45, 2.75) is 63.5 Å². The third-order valence-corrected chi connectivity index (χ3v) is 3.82. The minimum absolute atomic E-state index is 0.0347. The average Bonchev–Trinajstić information content (AvgIpc) is 2.64. The zero-order valence-electron chi connectivity index (χ0n) is 10.1. The Morgan fingerprint density at radius 2 is 1.93 bits per heavy atom. The largest absolute Gasteiger partial charge is 0.396 e. The Kier molecular flexibility index (Phi) is 4.56. The summed E-state index contributed by atoms with van der Waals surface area (Å²) in [6.07, 6.45) is 5.84. The molecule has 1 atom stereocenters. The van der Waals surface area contributed by atoms with Crippen molar-refractivity contribution in [3.8, 4) is 0 Å². The molecular weight excluding hydrogens is 190 g/mol. The lowest BCUT2D eigenvalue weighted by Gasteiger charge is -2.33. The highest BCUT2D eigenvalue weighted by atomic mass is 16.3. The number of hydrogen-bond acceptors (Lipinski definition) is 3. The van der Waals surface area contributed by atoms with Gasteiger partial charge in [0.15, 0.2) is 0 Å². The molecule has 0 aromatic carbocycles. The van der Waals surface area contributed by atoms with E-state index in [0.717, 1.165) is 38.5 Å².